The molecule has 0 saturated heterocycles. The number of aromatic hydroxyl groups is 3. The minimum absolute atomic E-state index is 0. The van der Waals surface area contributed by atoms with Gasteiger partial charge in [-0.05, 0) is 30.3 Å². The molecule has 0 aliphatic heterocycles. The van der Waals surface area contributed by atoms with E-state index in [2.05, 4.69) is 10.2 Å². The summed E-state index contributed by atoms with van der Waals surface area (Å²) in [4.78, 5) is -0.566. The van der Waals surface area contributed by atoms with Crippen LogP contribution in [0.15, 0.2) is 51.5 Å². The summed E-state index contributed by atoms with van der Waals surface area (Å²) in [7, 11) is -4.68. The van der Waals surface area contributed by atoms with Crippen LogP contribution in [-0.4, -0.2) is 28.3 Å². The van der Waals surface area contributed by atoms with Gasteiger partial charge in [-0.1, -0.05) is 0 Å². The van der Waals surface area contributed by atoms with Crippen LogP contribution in [-0.2, 0) is 10.1 Å². The topological polar surface area (TPSA) is 143 Å². The second-order valence-corrected chi connectivity index (χ2v) is 5.36. The predicted octanol–water partition coefficient (Wildman–Crippen LogP) is -0.873. The Labute approximate surface area is 147 Å². The van der Waals surface area contributed by atoms with Crippen LogP contribution in [0.1, 0.15) is 0 Å². The molecule has 0 bridgehead atoms. The van der Waals surface area contributed by atoms with Crippen molar-refractivity contribution in [2.45, 2.75) is 4.90 Å². The minimum atomic E-state index is -4.68. The Morgan fingerprint density at radius 1 is 0.864 bits per heavy atom. The van der Waals surface area contributed by atoms with Gasteiger partial charge >= 0.3 is 29.6 Å². The first-order chi connectivity index (χ1) is 9.77. The quantitative estimate of drug-likeness (QED) is 0.379. The summed E-state index contributed by atoms with van der Waals surface area (Å²) in [5.41, 5.74) is -0.262. The van der Waals surface area contributed by atoms with Gasteiger partial charge in [0.2, 0.25) is 0 Å². The van der Waals surface area contributed by atoms with Crippen LogP contribution in [0, 0.1) is 0 Å². The van der Waals surface area contributed by atoms with Gasteiger partial charge in [-0.2, -0.15) is 0 Å². The largest absolute Gasteiger partial charge is 1.00 e. The first-order valence-electron chi connectivity index (χ1n) is 5.50. The number of benzene rings is 2. The summed E-state index contributed by atoms with van der Waals surface area (Å²) < 4.78 is 32.7. The van der Waals surface area contributed by atoms with Crippen molar-refractivity contribution in [3.8, 4) is 17.2 Å². The monoisotopic (exact) mass is 332 g/mol. The molecular weight excluding hydrogens is 323 g/mol. The zero-order valence-corrected chi connectivity index (χ0v) is 14.1. The van der Waals surface area contributed by atoms with Crippen molar-refractivity contribution >= 4 is 21.5 Å². The van der Waals surface area contributed by atoms with Crippen molar-refractivity contribution in [2.75, 3.05) is 0 Å². The van der Waals surface area contributed by atoms with E-state index in [0.29, 0.717) is 0 Å². The zero-order valence-electron chi connectivity index (χ0n) is 11.3. The summed E-state index contributed by atoms with van der Waals surface area (Å²) in [5.74, 6) is -0.913. The van der Waals surface area contributed by atoms with E-state index < -0.39 is 15.0 Å². The molecule has 2 rings (SSSR count). The Kier molecular flexibility index (Phi) is 5.92. The van der Waals surface area contributed by atoms with Crippen molar-refractivity contribution < 1.29 is 57.8 Å². The normalized spacial score (nSPS) is 11.3. The van der Waals surface area contributed by atoms with E-state index in [1.54, 1.807) is 0 Å². The number of rotatable bonds is 3. The number of nitrogens with zero attached hydrogens (tertiary/aromatic N) is 2. The van der Waals surface area contributed by atoms with E-state index in [-0.39, 0.29) is 58.2 Å². The molecule has 22 heavy (non-hydrogen) atoms. The van der Waals surface area contributed by atoms with E-state index in [1.165, 1.54) is 12.1 Å². The summed E-state index contributed by atoms with van der Waals surface area (Å²) in [5, 5.41) is 35.3. The van der Waals surface area contributed by atoms with Crippen LogP contribution >= 0.6 is 0 Å². The van der Waals surface area contributed by atoms with Crippen molar-refractivity contribution in [3.63, 3.8) is 0 Å². The second kappa shape index (κ2) is 7.07. The molecule has 110 valence electrons. The fourth-order valence-electron chi connectivity index (χ4n) is 1.44. The van der Waals surface area contributed by atoms with E-state index in [1.807, 2.05) is 0 Å². The number of azo groups is 1. The molecule has 0 spiro atoms. The minimum Gasteiger partial charge on any atom is -0.744 e. The van der Waals surface area contributed by atoms with Crippen LogP contribution in [0.25, 0.3) is 0 Å². The van der Waals surface area contributed by atoms with Gasteiger partial charge < -0.3 is 19.9 Å². The van der Waals surface area contributed by atoms with Crippen molar-refractivity contribution in [2.24, 2.45) is 10.2 Å². The van der Waals surface area contributed by atoms with E-state index >= 15 is 0 Å². The molecule has 0 atom stereocenters. The summed E-state index contributed by atoms with van der Waals surface area (Å²) in [6, 6.07) is 6.35. The molecule has 0 radical (unpaired) electrons. The third-order valence-corrected chi connectivity index (χ3v) is 3.29. The summed E-state index contributed by atoms with van der Waals surface area (Å²) >= 11 is 0. The molecule has 0 aromatic heterocycles. The number of phenols is 3. The third kappa shape index (κ3) is 4.42. The van der Waals surface area contributed by atoms with Crippen LogP contribution < -0.4 is 29.6 Å². The first-order valence-corrected chi connectivity index (χ1v) is 6.91. The maximum Gasteiger partial charge on any atom is 1.00 e. The Hall–Kier alpha value is -1.65. The Morgan fingerprint density at radius 3 is 2.09 bits per heavy atom. The molecule has 0 saturated carbocycles. The molecule has 2 aromatic rings. The van der Waals surface area contributed by atoms with Gasteiger partial charge in [0.1, 0.15) is 38.7 Å². The fraction of sp³-hybridized carbons (Fsp3) is 0. The van der Waals surface area contributed by atoms with Crippen LogP contribution in [0.2, 0.25) is 0 Å². The number of phenolic OH excluding ortho intramolecular Hbond substituents is 3. The predicted molar refractivity (Wildman–Crippen MR) is 70.0 cm³/mol. The van der Waals surface area contributed by atoms with Gasteiger partial charge in [0.25, 0.3) is 0 Å². The van der Waals surface area contributed by atoms with Crippen molar-refractivity contribution in [3.05, 3.63) is 36.4 Å². The number of hydrogen-bond acceptors (Lipinski definition) is 8. The number of hydrogen-bond donors (Lipinski definition) is 3. The van der Waals surface area contributed by atoms with Crippen LogP contribution in [0.3, 0.4) is 0 Å². The molecule has 8 nitrogen and oxygen atoms in total. The fourth-order valence-corrected chi connectivity index (χ4v) is 1.93. The summed E-state index contributed by atoms with van der Waals surface area (Å²) in [6.45, 7) is 0. The Balaban J connectivity index is 0.00000242. The molecule has 10 heteroatoms. The van der Waals surface area contributed by atoms with E-state index in [0.717, 1.165) is 24.3 Å². The maximum absolute atomic E-state index is 10.9. The molecule has 0 aliphatic carbocycles. The SMILES string of the molecule is O=S(=O)([O-])c1ccc(O)c(/N=N/c2ccc(O)cc2O)c1.[Na+]. The van der Waals surface area contributed by atoms with Crippen molar-refractivity contribution in [1.29, 1.82) is 0 Å². The van der Waals surface area contributed by atoms with Gasteiger partial charge in [-0.15, -0.1) is 10.2 Å². The standard InChI is InChI=1S/C12H10N2O6S.Na/c15-7-1-3-9(12(17)5-7)13-14-10-6-8(21(18,19)20)2-4-11(10)16;/h1-6,15-17H,(H,18,19,20);/q;+1/p-1/b14-13+;. The van der Waals surface area contributed by atoms with Gasteiger partial charge in [-0.25, -0.2) is 8.42 Å². The molecular formula is C12H9N2NaO6S. The average molecular weight is 332 g/mol. The zero-order chi connectivity index (χ0) is 15.6. The van der Waals surface area contributed by atoms with Gasteiger partial charge in [-0.3, -0.25) is 0 Å². The molecule has 2 aromatic carbocycles. The Bertz CT molecular complexity index is 822. The average Bonchev–Trinajstić information content (AvgIpc) is 2.38. The molecule has 0 amide bonds. The molecule has 0 heterocycles. The van der Waals surface area contributed by atoms with Crippen LogP contribution in [0.5, 0.6) is 17.2 Å². The molecule has 3 N–H and O–H groups in total. The van der Waals surface area contributed by atoms with Crippen molar-refractivity contribution in [1.82, 2.24) is 0 Å². The molecule has 0 fully saturated rings. The maximum atomic E-state index is 10.9. The van der Waals surface area contributed by atoms with E-state index in [9.17, 15) is 23.2 Å². The van der Waals surface area contributed by atoms with Gasteiger partial charge in [0.15, 0.2) is 0 Å². The third-order valence-electron chi connectivity index (χ3n) is 2.46. The van der Waals surface area contributed by atoms with Gasteiger partial charge in [0, 0.05) is 6.07 Å². The smallest absolute Gasteiger partial charge is 0.744 e. The van der Waals surface area contributed by atoms with Crippen LogP contribution in [0.4, 0.5) is 11.4 Å². The van der Waals surface area contributed by atoms with Gasteiger partial charge in [0.05, 0.1) is 4.90 Å². The second-order valence-electron chi connectivity index (χ2n) is 3.98. The van der Waals surface area contributed by atoms with E-state index in [4.69, 9.17) is 5.11 Å². The molecule has 0 aliphatic rings. The summed E-state index contributed by atoms with van der Waals surface area (Å²) in [6.07, 6.45) is 0. The first kappa shape index (κ1) is 18.4. The Morgan fingerprint density at radius 2 is 1.50 bits per heavy atom. The molecule has 0 unspecified atom stereocenters.